The van der Waals surface area contributed by atoms with Crippen LogP contribution in [0.3, 0.4) is 0 Å². The summed E-state index contributed by atoms with van der Waals surface area (Å²) in [5.74, 6) is 1.55. The molecule has 6 heteroatoms. The molecule has 0 aliphatic carbocycles. The van der Waals surface area contributed by atoms with E-state index in [1.807, 2.05) is 42.5 Å². The summed E-state index contributed by atoms with van der Waals surface area (Å²) in [6.45, 7) is 5.54. The van der Waals surface area contributed by atoms with Crippen molar-refractivity contribution in [3.63, 3.8) is 0 Å². The van der Waals surface area contributed by atoms with Crippen LogP contribution in [0.15, 0.2) is 66.3 Å². The lowest BCUT2D eigenvalue weighted by Crippen LogP contribution is -2.37. The van der Waals surface area contributed by atoms with Gasteiger partial charge in [-0.15, -0.1) is 30.6 Å². The molecule has 0 saturated heterocycles. The molecule has 0 aliphatic rings. The van der Waals surface area contributed by atoms with E-state index in [0.29, 0.717) is 19.6 Å². The van der Waals surface area contributed by atoms with Gasteiger partial charge in [0.2, 0.25) is 0 Å². The number of halogens is 1. The van der Waals surface area contributed by atoms with Crippen LogP contribution in [0.4, 0.5) is 0 Å². The number of aliphatic imine (C=N–C) groups is 1. The van der Waals surface area contributed by atoms with Gasteiger partial charge in [-0.25, -0.2) is 4.99 Å². The fourth-order valence-corrected chi connectivity index (χ4v) is 1.96. The Bertz CT molecular complexity index is 646. The lowest BCUT2D eigenvalue weighted by atomic mass is 10.2. The maximum absolute atomic E-state index is 5.23. The highest BCUT2D eigenvalue weighted by Crippen LogP contribution is 2.13. The molecule has 24 heavy (non-hydrogen) atoms. The Balaban J connectivity index is 0.00000288. The summed E-state index contributed by atoms with van der Waals surface area (Å²) in [6.07, 6.45) is 3.57. The van der Waals surface area contributed by atoms with Crippen LogP contribution in [0.25, 0.3) is 0 Å². The van der Waals surface area contributed by atoms with E-state index in [1.54, 1.807) is 19.4 Å². The average Bonchev–Trinajstić information content (AvgIpc) is 2.62. The summed E-state index contributed by atoms with van der Waals surface area (Å²) in [5, 5.41) is 6.47. The summed E-state index contributed by atoms with van der Waals surface area (Å²) in [6, 6.07) is 13.7. The van der Waals surface area contributed by atoms with Crippen molar-refractivity contribution in [3.8, 4) is 5.75 Å². The van der Waals surface area contributed by atoms with Crippen molar-refractivity contribution in [3.05, 3.63) is 72.6 Å². The second-order valence-corrected chi connectivity index (χ2v) is 4.86. The number of aromatic nitrogens is 1. The molecule has 1 heterocycles. The molecule has 0 amide bonds. The predicted octanol–water partition coefficient (Wildman–Crippen LogP) is 3.13. The lowest BCUT2D eigenvalue weighted by molar-refractivity contribution is 0.414. The molecule has 0 aliphatic heterocycles. The number of methoxy groups -OCH3 is 1. The van der Waals surface area contributed by atoms with Crippen LogP contribution in [0.5, 0.6) is 5.75 Å². The van der Waals surface area contributed by atoms with Crippen molar-refractivity contribution in [2.75, 3.05) is 13.7 Å². The van der Waals surface area contributed by atoms with Crippen LogP contribution in [0.2, 0.25) is 0 Å². The summed E-state index contributed by atoms with van der Waals surface area (Å²) in [7, 11) is 1.66. The summed E-state index contributed by atoms with van der Waals surface area (Å²) in [5.41, 5.74) is 2.05. The normalized spacial score (nSPS) is 10.5. The molecule has 2 rings (SSSR count). The Morgan fingerprint density at radius 2 is 2.12 bits per heavy atom. The zero-order chi connectivity index (χ0) is 16.3. The number of pyridine rings is 1. The number of nitrogens with one attached hydrogen (secondary N) is 2. The number of rotatable bonds is 7. The fourth-order valence-electron chi connectivity index (χ4n) is 1.96. The van der Waals surface area contributed by atoms with Crippen molar-refractivity contribution >= 4 is 29.9 Å². The summed E-state index contributed by atoms with van der Waals surface area (Å²) < 4.78 is 5.23. The zero-order valence-electron chi connectivity index (χ0n) is 13.7. The van der Waals surface area contributed by atoms with Crippen molar-refractivity contribution in [2.45, 2.75) is 13.1 Å². The molecule has 5 nitrogen and oxygen atoms in total. The molecule has 0 saturated carbocycles. The highest BCUT2D eigenvalue weighted by molar-refractivity contribution is 14.0. The van der Waals surface area contributed by atoms with Gasteiger partial charge in [0, 0.05) is 12.7 Å². The van der Waals surface area contributed by atoms with Crippen molar-refractivity contribution in [1.29, 1.82) is 0 Å². The molecule has 0 unspecified atom stereocenters. The van der Waals surface area contributed by atoms with E-state index < -0.39 is 0 Å². The number of nitrogens with zero attached hydrogens (tertiary/aromatic N) is 2. The molecule has 1 aromatic heterocycles. The molecule has 0 radical (unpaired) electrons. The van der Waals surface area contributed by atoms with Gasteiger partial charge in [0.15, 0.2) is 5.96 Å². The van der Waals surface area contributed by atoms with Crippen molar-refractivity contribution < 1.29 is 4.74 Å². The highest BCUT2D eigenvalue weighted by Gasteiger charge is 2.00. The van der Waals surface area contributed by atoms with E-state index in [1.165, 1.54) is 0 Å². The molecule has 0 fully saturated rings. The predicted molar refractivity (Wildman–Crippen MR) is 109 cm³/mol. The second-order valence-electron chi connectivity index (χ2n) is 4.86. The first-order valence-electron chi connectivity index (χ1n) is 7.47. The number of ether oxygens (including phenoxy) is 1. The molecule has 2 N–H and O–H groups in total. The van der Waals surface area contributed by atoms with Gasteiger partial charge in [-0.3, -0.25) is 4.98 Å². The smallest absolute Gasteiger partial charge is 0.192 e. The molecule has 2 aromatic rings. The first-order chi connectivity index (χ1) is 11.3. The van der Waals surface area contributed by atoms with E-state index >= 15 is 0 Å². The number of guanidine groups is 1. The summed E-state index contributed by atoms with van der Waals surface area (Å²) >= 11 is 0. The van der Waals surface area contributed by atoms with Crippen LogP contribution >= 0.6 is 24.0 Å². The third-order valence-electron chi connectivity index (χ3n) is 3.13. The van der Waals surface area contributed by atoms with Crippen LogP contribution in [0, 0.1) is 0 Å². The topological polar surface area (TPSA) is 58.5 Å². The summed E-state index contributed by atoms with van der Waals surface area (Å²) in [4.78, 5) is 8.88. The van der Waals surface area contributed by atoms with Crippen LogP contribution in [-0.2, 0) is 13.1 Å². The van der Waals surface area contributed by atoms with Crippen molar-refractivity contribution in [2.24, 2.45) is 4.99 Å². The molecular formula is C18H23IN4O. The van der Waals surface area contributed by atoms with E-state index in [9.17, 15) is 0 Å². The molecule has 0 bridgehead atoms. The molecule has 1 aromatic carbocycles. The van der Waals surface area contributed by atoms with E-state index in [2.05, 4.69) is 27.2 Å². The minimum absolute atomic E-state index is 0. The quantitative estimate of drug-likeness (QED) is 0.302. The van der Waals surface area contributed by atoms with Crippen LogP contribution in [0.1, 0.15) is 11.3 Å². The van der Waals surface area contributed by atoms with Gasteiger partial charge < -0.3 is 15.4 Å². The Kier molecular flexibility index (Phi) is 9.52. The standard InChI is InChI=1S/C18H22N4O.HI/c1-3-10-20-18(22-14-16-8-4-5-11-19-16)21-13-15-7-6-9-17(12-15)23-2;/h3-9,11-12H,1,10,13-14H2,2H3,(H2,20,21,22);1H. The van der Waals surface area contributed by atoms with Crippen LogP contribution < -0.4 is 15.4 Å². The van der Waals surface area contributed by atoms with Gasteiger partial charge in [0.1, 0.15) is 5.75 Å². The van der Waals surface area contributed by atoms with Gasteiger partial charge >= 0.3 is 0 Å². The number of benzene rings is 1. The van der Waals surface area contributed by atoms with Gasteiger partial charge in [0.05, 0.1) is 25.9 Å². The maximum atomic E-state index is 5.23. The average molecular weight is 438 g/mol. The third-order valence-corrected chi connectivity index (χ3v) is 3.13. The monoisotopic (exact) mass is 438 g/mol. The molecule has 0 spiro atoms. The maximum Gasteiger partial charge on any atom is 0.192 e. The molecule has 128 valence electrons. The van der Waals surface area contributed by atoms with Crippen LogP contribution in [-0.4, -0.2) is 24.6 Å². The third kappa shape index (κ3) is 6.99. The van der Waals surface area contributed by atoms with Crippen molar-refractivity contribution in [1.82, 2.24) is 15.6 Å². The van der Waals surface area contributed by atoms with Gasteiger partial charge in [0.25, 0.3) is 0 Å². The SMILES string of the molecule is C=CCNC(=NCc1cccc(OC)c1)NCc1ccccn1.I. The minimum Gasteiger partial charge on any atom is -0.497 e. The van der Waals surface area contributed by atoms with E-state index in [4.69, 9.17) is 4.74 Å². The van der Waals surface area contributed by atoms with E-state index in [0.717, 1.165) is 23.0 Å². The first kappa shape index (κ1) is 20.0. The minimum atomic E-state index is 0. The zero-order valence-corrected chi connectivity index (χ0v) is 16.1. The Hall–Kier alpha value is -2.09. The fraction of sp³-hybridized carbons (Fsp3) is 0.222. The Labute approximate surface area is 160 Å². The second kappa shape index (κ2) is 11.4. The largest absolute Gasteiger partial charge is 0.497 e. The molecule has 0 atom stereocenters. The molecular weight excluding hydrogens is 415 g/mol. The first-order valence-corrected chi connectivity index (χ1v) is 7.47. The van der Waals surface area contributed by atoms with E-state index in [-0.39, 0.29) is 24.0 Å². The number of hydrogen-bond acceptors (Lipinski definition) is 3. The van der Waals surface area contributed by atoms with Gasteiger partial charge in [-0.1, -0.05) is 24.3 Å². The Morgan fingerprint density at radius 3 is 2.83 bits per heavy atom. The highest BCUT2D eigenvalue weighted by atomic mass is 127. The Morgan fingerprint density at radius 1 is 1.25 bits per heavy atom. The van der Waals surface area contributed by atoms with Gasteiger partial charge in [-0.2, -0.15) is 0 Å². The van der Waals surface area contributed by atoms with Gasteiger partial charge in [-0.05, 0) is 29.8 Å². The lowest BCUT2D eigenvalue weighted by Gasteiger charge is -2.11. The number of hydrogen-bond donors (Lipinski definition) is 2.